The number of hydrogen-bond donors (Lipinski definition) is 0. The van der Waals surface area contributed by atoms with Gasteiger partial charge in [-0.25, -0.2) is 0 Å². The predicted octanol–water partition coefficient (Wildman–Crippen LogP) is 20.0. The third-order valence-corrected chi connectivity index (χ3v) is 18.2. The topological polar surface area (TPSA) is 3.24 Å². The molecule has 76 heavy (non-hydrogen) atoms. The Balaban J connectivity index is 0.982. The Morgan fingerprint density at radius 2 is 0.750 bits per heavy atom. The Morgan fingerprint density at radius 3 is 1.37 bits per heavy atom. The standard InChI is InChI=1S/C75H65N/c1-71(2,3)47-35-41-64-59(43-47)60-44-48(72(4,5)6)36-42-65(60)75(64)63-30-18-15-25-58(63)69-66(75)31-20-32-68(69)76(50-39-40-55-53-23-13-16-28-61(53)73(7,8)67(55)45-50)49-37-33-46(34-38-49)51-21-11-12-22-52(51)56-26-19-27-57-54-24-14-17-29-62(54)74(9,10)70(56)57/h11-45H,1-10H3. The fourth-order valence-electron chi connectivity index (χ4n) is 14.4. The summed E-state index contributed by atoms with van der Waals surface area (Å²) in [4.78, 5) is 2.57. The van der Waals surface area contributed by atoms with Gasteiger partial charge in [0.25, 0.3) is 0 Å². The van der Waals surface area contributed by atoms with Gasteiger partial charge in [0.2, 0.25) is 0 Å². The van der Waals surface area contributed by atoms with Crippen molar-refractivity contribution in [2.75, 3.05) is 4.90 Å². The molecule has 0 saturated carbocycles. The molecule has 10 aromatic carbocycles. The summed E-state index contributed by atoms with van der Waals surface area (Å²) >= 11 is 0. The maximum absolute atomic E-state index is 2.57. The van der Waals surface area contributed by atoms with Crippen molar-refractivity contribution in [2.45, 2.75) is 96.3 Å². The highest BCUT2D eigenvalue weighted by molar-refractivity contribution is 6.02. The maximum Gasteiger partial charge on any atom is 0.0726 e. The lowest BCUT2D eigenvalue weighted by Crippen LogP contribution is -2.26. The van der Waals surface area contributed by atoms with Gasteiger partial charge in [-0.1, -0.05) is 251 Å². The highest BCUT2D eigenvalue weighted by atomic mass is 15.1. The summed E-state index contributed by atoms with van der Waals surface area (Å²) in [5.74, 6) is 0. The van der Waals surface area contributed by atoms with E-state index in [2.05, 4.69) is 286 Å². The highest BCUT2D eigenvalue weighted by Crippen LogP contribution is 2.66. The Labute approximate surface area is 450 Å². The molecule has 370 valence electrons. The van der Waals surface area contributed by atoms with Crippen molar-refractivity contribution in [1.82, 2.24) is 0 Å². The van der Waals surface area contributed by atoms with E-state index in [0.717, 1.165) is 11.4 Å². The van der Waals surface area contributed by atoms with Gasteiger partial charge in [-0.05, 0) is 158 Å². The van der Waals surface area contributed by atoms with Crippen LogP contribution in [0.25, 0.3) is 66.8 Å². The first-order chi connectivity index (χ1) is 36.5. The molecule has 10 aromatic rings. The summed E-state index contributed by atoms with van der Waals surface area (Å²) in [6.45, 7) is 23.6. The van der Waals surface area contributed by atoms with Crippen molar-refractivity contribution in [1.29, 1.82) is 0 Å². The van der Waals surface area contributed by atoms with Gasteiger partial charge < -0.3 is 4.90 Å². The Morgan fingerprint density at radius 1 is 0.303 bits per heavy atom. The smallest absolute Gasteiger partial charge is 0.0726 e. The molecule has 0 N–H and O–H groups in total. The molecule has 1 heteroatoms. The van der Waals surface area contributed by atoms with Crippen molar-refractivity contribution >= 4 is 17.1 Å². The number of hydrogen-bond acceptors (Lipinski definition) is 1. The van der Waals surface area contributed by atoms with Crippen LogP contribution in [-0.4, -0.2) is 0 Å². The average Bonchev–Trinajstić information content (AvgIpc) is 4.16. The van der Waals surface area contributed by atoms with Crippen LogP contribution in [0.4, 0.5) is 17.1 Å². The van der Waals surface area contributed by atoms with Crippen molar-refractivity contribution in [3.05, 3.63) is 268 Å². The summed E-state index contributed by atoms with van der Waals surface area (Å²) in [7, 11) is 0. The second-order valence-electron chi connectivity index (χ2n) is 25.2. The normalized spacial score (nSPS) is 15.3. The van der Waals surface area contributed by atoms with Gasteiger partial charge in [0.15, 0.2) is 0 Å². The van der Waals surface area contributed by atoms with Gasteiger partial charge in [0, 0.05) is 27.8 Å². The molecular weight excluding hydrogens is 915 g/mol. The lowest BCUT2D eigenvalue weighted by Gasteiger charge is -2.33. The van der Waals surface area contributed by atoms with Crippen LogP contribution in [0.3, 0.4) is 0 Å². The molecule has 0 atom stereocenters. The van der Waals surface area contributed by atoms with Crippen molar-refractivity contribution < 1.29 is 0 Å². The summed E-state index contributed by atoms with van der Waals surface area (Å²) in [6, 6.07) is 81.8. The Hall–Kier alpha value is -8.00. The minimum absolute atomic E-state index is 0.000248. The number of rotatable bonds is 5. The molecule has 0 bridgehead atoms. The minimum atomic E-state index is -0.506. The first-order valence-electron chi connectivity index (χ1n) is 27.5. The second kappa shape index (κ2) is 16.0. The molecule has 4 aliphatic carbocycles. The number of anilines is 3. The van der Waals surface area contributed by atoms with E-state index in [0.29, 0.717) is 0 Å². The molecule has 0 amide bonds. The summed E-state index contributed by atoms with van der Waals surface area (Å²) < 4.78 is 0. The maximum atomic E-state index is 2.57. The van der Waals surface area contributed by atoms with Crippen molar-refractivity contribution in [2.24, 2.45) is 0 Å². The molecule has 0 unspecified atom stereocenters. The monoisotopic (exact) mass is 980 g/mol. The summed E-state index contributed by atoms with van der Waals surface area (Å²) in [6.07, 6.45) is 0. The van der Waals surface area contributed by atoms with E-state index in [-0.39, 0.29) is 21.7 Å². The van der Waals surface area contributed by atoms with Gasteiger partial charge in [-0.2, -0.15) is 0 Å². The first kappa shape index (κ1) is 46.5. The van der Waals surface area contributed by atoms with Crippen molar-refractivity contribution in [3.8, 4) is 66.8 Å². The molecule has 4 aliphatic rings. The van der Waals surface area contributed by atoms with Crippen LogP contribution < -0.4 is 4.90 Å². The fourth-order valence-corrected chi connectivity index (χ4v) is 14.4. The molecule has 1 nitrogen and oxygen atoms in total. The predicted molar refractivity (Wildman–Crippen MR) is 321 cm³/mol. The van der Waals surface area contributed by atoms with Gasteiger partial charge in [0.1, 0.15) is 0 Å². The largest absolute Gasteiger partial charge is 0.310 e. The average molecular weight is 980 g/mol. The number of nitrogens with zero attached hydrogens (tertiary/aromatic N) is 1. The molecular formula is C75H65N. The molecule has 0 aromatic heterocycles. The van der Waals surface area contributed by atoms with Crippen LogP contribution in [0, 0.1) is 0 Å². The molecule has 0 aliphatic heterocycles. The van der Waals surface area contributed by atoms with E-state index in [1.165, 1.54) is 128 Å². The highest BCUT2D eigenvalue weighted by Gasteiger charge is 2.53. The quantitative estimate of drug-likeness (QED) is 0.166. The minimum Gasteiger partial charge on any atom is -0.310 e. The molecule has 0 heterocycles. The summed E-state index contributed by atoms with van der Waals surface area (Å²) in [5.41, 5.74) is 31.9. The lowest BCUT2D eigenvalue weighted by atomic mass is 9.70. The second-order valence-corrected chi connectivity index (χ2v) is 25.2. The molecule has 1 spiro atoms. The van der Waals surface area contributed by atoms with Crippen LogP contribution in [0.2, 0.25) is 0 Å². The van der Waals surface area contributed by atoms with E-state index >= 15 is 0 Å². The van der Waals surface area contributed by atoms with E-state index in [1.807, 2.05) is 0 Å². The molecule has 0 saturated heterocycles. The zero-order chi connectivity index (χ0) is 52.3. The van der Waals surface area contributed by atoms with E-state index in [9.17, 15) is 0 Å². The molecule has 0 radical (unpaired) electrons. The van der Waals surface area contributed by atoms with Crippen LogP contribution in [0.5, 0.6) is 0 Å². The first-order valence-corrected chi connectivity index (χ1v) is 27.5. The number of fused-ring (bicyclic) bond motifs is 16. The molecule has 0 fully saturated rings. The van der Waals surface area contributed by atoms with E-state index < -0.39 is 5.41 Å². The van der Waals surface area contributed by atoms with E-state index in [4.69, 9.17) is 0 Å². The Kier molecular flexibility index (Phi) is 9.80. The number of benzene rings is 10. The zero-order valence-corrected chi connectivity index (χ0v) is 45.7. The van der Waals surface area contributed by atoms with Gasteiger partial charge >= 0.3 is 0 Å². The third kappa shape index (κ3) is 6.38. The van der Waals surface area contributed by atoms with Crippen LogP contribution in [0.1, 0.15) is 125 Å². The van der Waals surface area contributed by atoms with Crippen molar-refractivity contribution in [3.63, 3.8) is 0 Å². The van der Waals surface area contributed by atoms with Crippen LogP contribution >= 0.6 is 0 Å². The van der Waals surface area contributed by atoms with Crippen LogP contribution in [0.15, 0.2) is 212 Å². The van der Waals surface area contributed by atoms with Gasteiger partial charge in [0.05, 0.1) is 11.1 Å². The molecule has 14 rings (SSSR count). The lowest BCUT2D eigenvalue weighted by molar-refractivity contribution is 0.589. The van der Waals surface area contributed by atoms with E-state index in [1.54, 1.807) is 0 Å². The van der Waals surface area contributed by atoms with Gasteiger partial charge in [-0.15, -0.1) is 0 Å². The SMILES string of the molecule is CC(C)(C)c1ccc2c(c1)-c1cc(C(C)(C)C)ccc1C21c2ccccc2-c2c(N(c3ccc(-c4ccccc4-c4cccc5c4C(C)(C)c4ccccc4-5)cc3)c3ccc4c(c3)C(C)(C)c3ccccc3-4)cccc21. The third-order valence-electron chi connectivity index (χ3n) is 18.2. The Bertz CT molecular complexity index is 4000. The zero-order valence-electron chi connectivity index (χ0n) is 45.7. The fraction of sp³-hybridized carbons (Fsp3) is 0.200. The van der Waals surface area contributed by atoms with Crippen LogP contribution in [-0.2, 0) is 27.1 Å². The van der Waals surface area contributed by atoms with Gasteiger partial charge in [-0.3, -0.25) is 0 Å². The summed E-state index contributed by atoms with van der Waals surface area (Å²) in [5, 5.41) is 0.